The Kier molecular flexibility index (Phi) is 6.40. The molecule has 1 aromatic carbocycles. The number of benzene rings is 1. The molecule has 0 saturated carbocycles. The van der Waals surface area contributed by atoms with Crippen LogP contribution in [0.15, 0.2) is 28.8 Å². The van der Waals surface area contributed by atoms with Crippen molar-refractivity contribution in [2.75, 3.05) is 26.2 Å². The standard InChI is InChI=1S/C19H24N4O4/c1-2-26-15-7-5-14(6-8-15)19-21-17(27-22-19)10-9-16(24)20-13-18(25)23-11-3-4-12-23/h5-8H,2-4,9-13H2,1H3,(H,20,24). The van der Waals surface area contributed by atoms with Gasteiger partial charge in [-0.2, -0.15) is 4.98 Å². The zero-order valence-electron chi connectivity index (χ0n) is 15.4. The molecule has 0 radical (unpaired) electrons. The SMILES string of the molecule is CCOc1ccc(-c2noc(CCC(=O)NCC(=O)N3CCCC3)n2)cc1. The van der Waals surface area contributed by atoms with E-state index in [4.69, 9.17) is 9.26 Å². The van der Waals surface area contributed by atoms with Gasteiger partial charge in [0.05, 0.1) is 13.2 Å². The molecule has 1 aliphatic rings. The Morgan fingerprint density at radius 1 is 1.22 bits per heavy atom. The van der Waals surface area contributed by atoms with Crippen LogP contribution in [-0.4, -0.2) is 53.1 Å². The van der Waals surface area contributed by atoms with Crippen LogP contribution in [0.2, 0.25) is 0 Å². The van der Waals surface area contributed by atoms with Crippen LogP contribution >= 0.6 is 0 Å². The van der Waals surface area contributed by atoms with Gasteiger partial charge in [0.15, 0.2) is 0 Å². The normalized spacial score (nSPS) is 13.6. The Morgan fingerprint density at radius 3 is 2.67 bits per heavy atom. The summed E-state index contributed by atoms with van der Waals surface area (Å²) < 4.78 is 10.6. The third kappa shape index (κ3) is 5.29. The molecule has 1 saturated heterocycles. The Morgan fingerprint density at radius 2 is 1.96 bits per heavy atom. The van der Waals surface area contributed by atoms with Crippen molar-refractivity contribution in [2.24, 2.45) is 0 Å². The van der Waals surface area contributed by atoms with Crippen LogP contribution in [0.4, 0.5) is 0 Å². The third-order valence-corrected chi connectivity index (χ3v) is 4.35. The first-order valence-electron chi connectivity index (χ1n) is 9.26. The highest BCUT2D eigenvalue weighted by Gasteiger charge is 2.18. The van der Waals surface area contributed by atoms with Crippen molar-refractivity contribution in [3.05, 3.63) is 30.2 Å². The summed E-state index contributed by atoms with van der Waals surface area (Å²) >= 11 is 0. The lowest BCUT2D eigenvalue weighted by molar-refractivity contribution is -0.132. The first kappa shape index (κ1) is 18.9. The number of hydrogen-bond acceptors (Lipinski definition) is 6. The predicted octanol–water partition coefficient (Wildman–Crippen LogP) is 1.81. The average Bonchev–Trinajstić information content (AvgIpc) is 3.37. The number of rotatable bonds is 8. The first-order valence-corrected chi connectivity index (χ1v) is 9.26. The maximum atomic E-state index is 11.9. The van der Waals surface area contributed by atoms with Gasteiger partial charge in [-0.15, -0.1) is 0 Å². The molecule has 2 heterocycles. The summed E-state index contributed by atoms with van der Waals surface area (Å²) in [7, 11) is 0. The molecule has 3 rings (SSSR count). The van der Waals surface area contributed by atoms with Gasteiger partial charge in [0.25, 0.3) is 0 Å². The number of ether oxygens (including phenoxy) is 1. The Labute approximate surface area is 157 Å². The van der Waals surface area contributed by atoms with Crippen LogP contribution in [-0.2, 0) is 16.0 Å². The van der Waals surface area contributed by atoms with Crippen molar-refractivity contribution in [1.82, 2.24) is 20.4 Å². The summed E-state index contributed by atoms with van der Waals surface area (Å²) in [6.07, 6.45) is 2.59. The van der Waals surface area contributed by atoms with Gasteiger partial charge in [-0.3, -0.25) is 9.59 Å². The highest BCUT2D eigenvalue weighted by Crippen LogP contribution is 2.20. The van der Waals surface area contributed by atoms with Gasteiger partial charge in [0.1, 0.15) is 5.75 Å². The molecule has 8 nitrogen and oxygen atoms in total. The zero-order chi connectivity index (χ0) is 19.1. The number of likely N-dealkylation sites (tertiary alicyclic amines) is 1. The summed E-state index contributed by atoms with van der Waals surface area (Å²) in [4.78, 5) is 29.9. The number of nitrogens with zero attached hydrogens (tertiary/aromatic N) is 3. The average molecular weight is 372 g/mol. The Hall–Kier alpha value is -2.90. The second-order valence-electron chi connectivity index (χ2n) is 6.33. The number of nitrogens with one attached hydrogen (secondary N) is 1. The van der Waals surface area contributed by atoms with E-state index in [0.717, 1.165) is 37.2 Å². The first-order chi connectivity index (χ1) is 13.2. The van der Waals surface area contributed by atoms with Crippen LogP contribution in [0, 0.1) is 0 Å². The molecule has 144 valence electrons. The van der Waals surface area contributed by atoms with E-state index in [-0.39, 0.29) is 24.8 Å². The molecule has 0 atom stereocenters. The van der Waals surface area contributed by atoms with Crippen molar-refractivity contribution < 1.29 is 18.8 Å². The van der Waals surface area contributed by atoms with Crippen LogP contribution < -0.4 is 10.1 Å². The molecule has 2 aromatic rings. The topological polar surface area (TPSA) is 97.6 Å². The largest absolute Gasteiger partial charge is 0.494 e. The molecule has 0 unspecified atom stereocenters. The number of carbonyl (C=O) groups excluding carboxylic acids is 2. The third-order valence-electron chi connectivity index (χ3n) is 4.35. The van der Waals surface area contributed by atoms with Crippen molar-refractivity contribution in [3.63, 3.8) is 0 Å². The van der Waals surface area contributed by atoms with Gasteiger partial charge >= 0.3 is 0 Å². The lowest BCUT2D eigenvalue weighted by Crippen LogP contribution is -2.38. The quantitative estimate of drug-likeness (QED) is 0.759. The van der Waals surface area contributed by atoms with E-state index < -0.39 is 0 Å². The smallest absolute Gasteiger partial charge is 0.241 e. The Balaban J connectivity index is 1.44. The van der Waals surface area contributed by atoms with Crippen molar-refractivity contribution in [2.45, 2.75) is 32.6 Å². The van der Waals surface area contributed by atoms with E-state index >= 15 is 0 Å². The molecule has 0 spiro atoms. The number of carbonyl (C=O) groups is 2. The molecular formula is C19H24N4O4. The molecular weight excluding hydrogens is 348 g/mol. The fraction of sp³-hybridized carbons (Fsp3) is 0.474. The summed E-state index contributed by atoms with van der Waals surface area (Å²) in [5.74, 6) is 1.41. The summed E-state index contributed by atoms with van der Waals surface area (Å²) in [6, 6.07) is 7.41. The highest BCUT2D eigenvalue weighted by atomic mass is 16.5. The zero-order valence-corrected chi connectivity index (χ0v) is 15.4. The van der Waals surface area contributed by atoms with E-state index in [1.807, 2.05) is 31.2 Å². The lowest BCUT2D eigenvalue weighted by atomic mass is 10.2. The van der Waals surface area contributed by atoms with E-state index in [0.29, 0.717) is 24.7 Å². The number of amides is 2. The fourth-order valence-corrected chi connectivity index (χ4v) is 2.90. The van der Waals surface area contributed by atoms with Crippen molar-refractivity contribution in [1.29, 1.82) is 0 Å². The van der Waals surface area contributed by atoms with Crippen LogP contribution in [0.1, 0.15) is 32.1 Å². The minimum atomic E-state index is -0.205. The van der Waals surface area contributed by atoms with E-state index in [9.17, 15) is 9.59 Å². The van der Waals surface area contributed by atoms with Crippen LogP contribution in [0.25, 0.3) is 11.4 Å². The number of hydrogen-bond donors (Lipinski definition) is 1. The lowest BCUT2D eigenvalue weighted by Gasteiger charge is -2.15. The van der Waals surface area contributed by atoms with E-state index in [2.05, 4.69) is 15.5 Å². The molecule has 0 aliphatic carbocycles. The number of aromatic nitrogens is 2. The maximum Gasteiger partial charge on any atom is 0.241 e. The van der Waals surface area contributed by atoms with E-state index in [1.165, 1.54) is 0 Å². The second-order valence-corrected chi connectivity index (χ2v) is 6.33. The molecule has 1 aromatic heterocycles. The Bertz CT molecular complexity index is 766. The summed E-state index contributed by atoms with van der Waals surface area (Å²) in [5, 5.41) is 6.60. The van der Waals surface area contributed by atoms with Crippen molar-refractivity contribution in [3.8, 4) is 17.1 Å². The molecule has 1 aliphatic heterocycles. The number of aryl methyl sites for hydroxylation is 1. The molecule has 2 amide bonds. The van der Waals surface area contributed by atoms with Gasteiger partial charge < -0.3 is 19.5 Å². The van der Waals surface area contributed by atoms with E-state index in [1.54, 1.807) is 4.90 Å². The molecule has 0 bridgehead atoms. The van der Waals surface area contributed by atoms with Crippen LogP contribution in [0.5, 0.6) is 5.75 Å². The second kappa shape index (κ2) is 9.16. The van der Waals surface area contributed by atoms with Gasteiger partial charge in [-0.1, -0.05) is 5.16 Å². The minimum Gasteiger partial charge on any atom is -0.494 e. The minimum absolute atomic E-state index is 0.0311. The van der Waals surface area contributed by atoms with Gasteiger partial charge in [0, 0.05) is 31.5 Å². The van der Waals surface area contributed by atoms with Gasteiger partial charge in [-0.05, 0) is 44.0 Å². The highest BCUT2D eigenvalue weighted by molar-refractivity contribution is 5.84. The van der Waals surface area contributed by atoms with Crippen LogP contribution in [0.3, 0.4) is 0 Å². The molecule has 1 N–H and O–H groups in total. The molecule has 27 heavy (non-hydrogen) atoms. The van der Waals surface area contributed by atoms with Crippen molar-refractivity contribution >= 4 is 11.8 Å². The summed E-state index contributed by atoms with van der Waals surface area (Å²) in [6.45, 7) is 4.14. The summed E-state index contributed by atoms with van der Waals surface area (Å²) in [5.41, 5.74) is 0.814. The van der Waals surface area contributed by atoms with Gasteiger partial charge in [-0.25, -0.2) is 0 Å². The fourth-order valence-electron chi connectivity index (χ4n) is 2.90. The maximum absolute atomic E-state index is 11.9. The van der Waals surface area contributed by atoms with Gasteiger partial charge in [0.2, 0.25) is 23.5 Å². The predicted molar refractivity (Wildman–Crippen MR) is 98.0 cm³/mol. The molecule has 8 heteroatoms. The monoisotopic (exact) mass is 372 g/mol. The molecule has 1 fully saturated rings.